The standard InChI is InChI=1S/C19H22N2O2S/c1-20(11-16-7-8-24-14-16)19(23)13-21-12-17(10-18(21)22)9-15-5-3-2-4-6-15/h2-8,14,17H,9-13H2,1H3/t17-/m1/s1. The van der Waals surface area contributed by atoms with Gasteiger partial charge in [0.15, 0.2) is 0 Å². The molecule has 0 radical (unpaired) electrons. The number of hydrogen-bond donors (Lipinski definition) is 0. The van der Waals surface area contributed by atoms with Crippen molar-refractivity contribution in [1.82, 2.24) is 9.80 Å². The molecule has 1 aromatic carbocycles. The van der Waals surface area contributed by atoms with E-state index in [4.69, 9.17) is 0 Å². The van der Waals surface area contributed by atoms with Crippen LogP contribution in [0.5, 0.6) is 0 Å². The Labute approximate surface area is 146 Å². The van der Waals surface area contributed by atoms with Crippen LogP contribution in [-0.2, 0) is 22.6 Å². The first kappa shape index (κ1) is 16.7. The van der Waals surface area contributed by atoms with Gasteiger partial charge in [-0.05, 0) is 40.3 Å². The summed E-state index contributed by atoms with van der Waals surface area (Å²) in [5.74, 6) is 0.387. The number of thiophene rings is 1. The zero-order valence-electron chi connectivity index (χ0n) is 13.9. The van der Waals surface area contributed by atoms with Crippen molar-refractivity contribution in [3.05, 3.63) is 58.3 Å². The molecule has 0 spiro atoms. The predicted octanol–water partition coefficient (Wildman–Crippen LogP) is 2.80. The lowest BCUT2D eigenvalue weighted by atomic mass is 9.99. The number of amides is 2. The number of carbonyl (C=O) groups excluding carboxylic acids is 2. The second kappa shape index (κ2) is 7.62. The summed E-state index contributed by atoms with van der Waals surface area (Å²) >= 11 is 1.63. The Morgan fingerprint density at radius 2 is 2.04 bits per heavy atom. The molecule has 2 amide bonds. The first-order valence-electron chi connectivity index (χ1n) is 8.18. The maximum atomic E-state index is 12.4. The molecule has 3 rings (SSSR count). The second-order valence-electron chi connectivity index (χ2n) is 6.42. The maximum absolute atomic E-state index is 12.4. The van der Waals surface area contributed by atoms with E-state index in [1.54, 1.807) is 28.2 Å². The maximum Gasteiger partial charge on any atom is 0.242 e. The van der Waals surface area contributed by atoms with E-state index in [1.165, 1.54) is 5.56 Å². The molecule has 2 aromatic rings. The number of benzene rings is 1. The highest BCUT2D eigenvalue weighted by Crippen LogP contribution is 2.22. The molecule has 0 saturated carbocycles. The van der Waals surface area contributed by atoms with Gasteiger partial charge in [0.2, 0.25) is 11.8 Å². The molecule has 0 N–H and O–H groups in total. The van der Waals surface area contributed by atoms with Gasteiger partial charge in [0, 0.05) is 26.6 Å². The highest BCUT2D eigenvalue weighted by molar-refractivity contribution is 7.07. The Hall–Kier alpha value is -2.14. The van der Waals surface area contributed by atoms with Crippen molar-refractivity contribution in [2.75, 3.05) is 20.1 Å². The topological polar surface area (TPSA) is 40.6 Å². The van der Waals surface area contributed by atoms with E-state index in [9.17, 15) is 9.59 Å². The quantitative estimate of drug-likeness (QED) is 0.810. The van der Waals surface area contributed by atoms with E-state index in [0.29, 0.717) is 25.4 Å². The van der Waals surface area contributed by atoms with Crippen LogP contribution in [0.25, 0.3) is 0 Å². The molecule has 126 valence electrons. The fourth-order valence-electron chi connectivity index (χ4n) is 3.12. The molecule has 2 heterocycles. The zero-order chi connectivity index (χ0) is 16.9. The van der Waals surface area contributed by atoms with Crippen LogP contribution in [-0.4, -0.2) is 41.8 Å². The van der Waals surface area contributed by atoms with Crippen molar-refractivity contribution in [2.24, 2.45) is 5.92 Å². The van der Waals surface area contributed by atoms with Crippen LogP contribution in [0.4, 0.5) is 0 Å². The Morgan fingerprint density at radius 3 is 2.75 bits per heavy atom. The molecule has 1 saturated heterocycles. The number of likely N-dealkylation sites (tertiary alicyclic amines) is 1. The van der Waals surface area contributed by atoms with Gasteiger partial charge in [0.25, 0.3) is 0 Å². The highest BCUT2D eigenvalue weighted by Gasteiger charge is 2.31. The minimum absolute atomic E-state index is 0.00471. The van der Waals surface area contributed by atoms with Gasteiger partial charge in [0.05, 0.1) is 6.54 Å². The number of rotatable bonds is 6. The summed E-state index contributed by atoms with van der Waals surface area (Å²) in [6.45, 7) is 1.45. The van der Waals surface area contributed by atoms with Crippen molar-refractivity contribution < 1.29 is 9.59 Å². The third-order valence-electron chi connectivity index (χ3n) is 4.41. The molecule has 24 heavy (non-hydrogen) atoms. The van der Waals surface area contributed by atoms with E-state index in [-0.39, 0.29) is 18.4 Å². The Balaban J connectivity index is 1.51. The van der Waals surface area contributed by atoms with Crippen molar-refractivity contribution in [3.63, 3.8) is 0 Å². The monoisotopic (exact) mass is 342 g/mol. The predicted molar refractivity (Wildman–Crippen MR) is 95.6 cm³/mol. The molecular formula is C19H22N2O2S. The molecule has 0 bridgehead atoms. The lowest BCUT2D eigenvalue weighted by Crippen LogP contribution is -2.38. The molecule has 1 aromatic heterocycles. The fraction of sp³-hybridized carbons (Fsp3) is 0.368. The largest absolute Gasteiger partial charge is 0.340 e. The third kappa shape index (κ3) is 4.23. The minimum atomic E-state index is -0.00471. The minimum Gasteiger partial charge on any atom is -0.340 e. The van der Waals surface area contributed by atoms with Crippen molar-refractivity contribution in [1.29, 1.82) is 0 Å². The summed E-state index contributed by atoms with van der Waals surface area (Å²) in [5, 5.41) is 4.05. The van der Waals surface area contributed by atoms with E-state index < -0.39 is 0 Å². The number of carbonyl (C=O) groups is 2. The molecule has 1 fully saturated rings. The van der Waals surface area contributed by atoms with E-state index in [0.717, 1.165) is 12.0 Å². The number of hydrogen-bond acceptors (Lipinski definition) is 3. The molecule has 0 unspecified atom stereocenters. The summed E-state index contributed by atoms with van der Waals surface area (Å²) in [5.41, 5.74) is 2.38. The van der Waals surface area contributed by atoms with Gasteiger partial charge in [-0.1, -0.05) is 30.3 Å². The number of nitrogens with zero attached hydrogens (tertiary/aromatic N) is 2. The summed E-state index contributed by atoms with van der Waals surface area (Å²) in [7, 11) is 1.79. The lowest BCUT2D eigenvalue weighted by molar-refractivity contribution is -0.137. The average Bonchev–Trinajstić information content (AvgIpc) is 3.19. The molecule has 0 aliphatic carbocycles. The van der Waals surface area contributed by atoms with Crippen LogP contribution in [0.3, 0.4) is 0 Å². The molecule has 4 nitrogen and oxygen atoms in total. The van der Waals surface area contributed by atoms with Crippen LogP contribution in [0.2, 0.25) is 0 Å². The van der Waals surface area contributed by atoms with E-state index in [2.05, 4.69) is 12.1 Å². The Kier molecular flexibility index (Phi) is 5.30. The molecule has 5 heteroatoms. The number of likely N-dealkylation sites (N-methyl/N-ethyl adjacent to an activating group) is 1. The third-order valence-corrected chi connectivity index (χ3v) is 5.15. The SMILES string of the molecule is CN(Cc1ccsc1)C(=O)CN1C[C@H](Cc2ccccc2)CC1=O. The van der Waals surface area contributed by atoms with Gasteiger partial charge in [0.1, 0.15) is 0 Å². The average molecular weight is 342 g/mol. The van der Waals surface area contributed by atoms with Gasteiger partial charge in [-0.25, -0.2) is 0 Å². The summed E-state index contributed by atoms with van der Waals surface area (Å²) in [6, 6.07) is 12.2. The first-order chi connectivity index (χ1) is 11.6. The van der Waals surface area contributed by atoms with Crippen LogP contribution in [0.15, 0.2) is 47.2 Å². The van der Waals surface area contributed by atoms with Gasteiger partial charge in [-0.2, -0.15) is 11.3 Å². The summed E-state index contributed by atoms with van der Waals surface area (Å²) in [6.07, 6.45) is 1.43. The molecular weight excluding hydrogens is 320 g/mol. The fourth-order valence-corrected chi connectivity index (χ4v) is 3.78. The van der Waals surface area contributed by atoms with Crippen molar-refractivity contribution in [3.8, 4) is 0 Å². The summed E-state index contributed by atoms with van der Waals surface area (Å²) in [4.78, 5) is 28.0. The summed E-state index contributed by atoms with van der Waals surface area (Å²) < 4.78 is 0. The molecule has 1 aliphatic heterocycles. The Morgan fingerprint density at radius 1 is 1.25 bits per heavy atom. The van der Waals surface area contributed by atoms with E-state index >= 15 is 0 Å². The Bertz CT molecular complexity index is 685. The van der Waals surface area contributed by atoms with Gasteiger partial charge in [-0.15, -0.1) is 0 Å². The normalized spacial score (nSPS) is 17.3. The van der Waals surface area contributed by atoms with Crippen LogP contribution in [0, 0.1) is 5.92 Å². The van der Waals surface area contributed by atoms with E-state index in [1.807, 2.05) is 35.0 Å². The lowest BCUT2D eigenvalue weighted by Gasteiger charge is -2.21. The van der Waals surface area contributed by atoms with Crippen molar-refractivity contribution >= 4 is 23.2 Å². The highest BCUT2D eigenvalue weighted by atomic mass is 32.1. The van der Waals surface area contributed by atoms with Crippen LogP contribution < -0.4 is 0 Å². The van der Waals surface area contributed by atoms with Crippen LogP contribution >= 0.6 is 11.3 Å². The smallest absolute Gasteiger partial charge is 0.242 e. The van der Waals surface area contributed by atoms with Crippen LogP contribution in [0.1, 0.15) is 17.5 Å². The zero-order valence-corrected chi connectivity index (χ0v) is 14.7. The van der Waals surface area contributed by atoms with Gasteiger partial charge in [-0.3, -0.25) is 9.59 Å². The second-order valence-corrected chi connectivity index (χ2v) is 7.20. The first-order valence-corrected chi connectivity index (χ1v) is 9.13. The van der Waals surface area contributed by atoms with Gasteiger partial charge >= 0.3 is 0 Å². The van der Waals surface area contributed by atoms with Crippen molar-refractivity contribution in [2.45, 2.75) is 19.4 Å². The molecule has 1 aliphatic rings. The molecule has 1 atom stereocenters. The van der Waals surface area contributed by atoms with Gasteiger partial charge < -0.3 is 9.80 Å².